The van der Waals surface area contributed by atoms with Gasteiger partial charge in [0.25, 0.3) is 0 Å². The van der Waals surface area contributed by atoms with Crippen LogP contribution in [-0.4, -0.2) is 45.4 Å². The van der Waals surface area contributed by atoms with Crippen LogP contribution in [0, 0.1) is 0 Å². The number of hydrogen-bond donors (Lipinski definition) is 3. The number of carboxylic acid groups (broad SMARTS) is 2. The second-order valence-corrected chi connectivity index (χ2v) is 2.18. The second kappa shape index (κ2) is 4.97. The molecule has 0 aromatic heterocycles. The molecule has 0 aliphatic heterocycles. The van der Waals surface area contributed by atoms with E-state index in [4.69, 9.17) is 15.3 Å². The molecule has 0 aromatic rings. The second-order valence-electron chi connectivity index (χ2n) is 2.18. The van der Waals surface area contributed by atoms with Gasteiger partial charge in [-0.1, -0.05) is 6.58 Å². The lowest BCUT2D eigenvalue weighted by molar-refractivity contribution is -0.176. The van der Waals surface area contributed by atoms with Crippen molar-refractivity contribution < 1.29 is 34.4 Å². The smallest absolute Gasteiger partial charge is 0.348 e. The van der Waals surface area contributed by atoms with Crippen LogP contribution in [0.25, 0.3) is 0 Å². The molecule has 2 atom stereocenters. The van der Waals surface area contributed by atoms with Crippen molar-refractivity contribution in [3.8, 4) is 0 Å². The molecule has 0 spiro atoms. The molecule has 0 fully saturated rings. The third-order valence-electron chi connectivity index (χ3n) is 1.19. The number of carbonyl (C=O) groups excluding carboxylic acids is 1. The highest BCUT2D eigenvalue weighted by Gasteiger charge is 2.35. The Labute approximate surface area is 78.2 Å². The molecule has 0 aliphatic carbocycles. The maximum Gasteiger partial charge on any atom is 0.348 e. The molecule has 0 aromatic carbocycles. The van der Waals surface area contributed by atoms with Crippen molar-refractivity contribution in [3.63, 3.8) is 0 Å². The fourth-order valence-electron chi connectivity index (χ4n) is 0.553. The van der Waals surface area contributed by atoms with Crippen molar-refractivity contribution in [2.75, 3.05) is 0 Å². The average molecular weight is 204 g/mol. The van der Waals surface area contributed by atoms with Crippen LogP contribution in [0.4, 0.5) is 0 Å². The molecule has 0 amide bonds. The average Bonchev–Trinajstić information content (AvgIpc) is 2.11. The van der Waals surface area contributed by atoms with Crippen molar-refractivity contribution in [2.45, 2.75) is 12.2 Å². The normalized spacial score (nSPS) is 13.8. The van der Waals surface area contributed by atoms with Gasteiger partial charge >= 0.3 is 17.9 Å². The maximum atomic E-state index is 10.5. The Kier molecular flexibility index (Phi) is 4.30. The van der Waals surface area contributed by atoms with Crippen LogP contribution in [0.3, 0.4) is 0 Å². The number of ether oxygens (including phenoxy) is 1. The maximum absolute atomic E-state index is 10.5. The number of rotatable bonds is 5. The van der Waals surface area contributed by atoms with E-state index >= 15 is 0 Å². The zero-order valence-corrected chi connectivity index (χ0v) is 6.91. The SMILES string of the molecule is C=CC(=O)OC(C(=O)O)C(O)C(=O)O. The van der Waals surface area contributed by atoms with Gasteiger partial charge in [0.2, 0.25) is 6.10 Å². The van der Waals surface area contributed by atoms with E-state index in [-0.39, 0.29) is 0 Å². The Hall–Kier alpha value is -1.89. The first kappa shape index (κ1) is 12.1. The van der Waals surface area contributed by atoms with Gasteiger partial charge in [0.1, 0.15) is 0 Å². The molecule has 0 radical (unpaired) electrons. The minimum atomic E-state index is -2.31. The van der Waals surface area contributed by atoms with E-state index in [9.17, 15) is 14.4 Å². The zero-order chi connectivity index (χ0) is 11.3. The van der Waals surface area contributed by atoms with E-state index < -0.39 is 30.1 Å². The van der Waals surface area contributed by atoms with Crippen LogP contribution >= 0.6 is 0 Å². The minimum Gasteiger partial charge on any atom is -0.479 e. The highest BCUT2D eigenvalue weighted by molar-refractivity contribution is 5.88. The van der Waals surface area contributed by atoms with Crippen LogP contribution in [0.15, 0.2) is 12.7 Å². The van der Waals surface area contributed by atoms with Crippen LogP contribution in [0.1, 0.15) is 0 Å². The Morgan fingerprint density at radius 3 is 2.00 bits per heavy atom. The van der Waals surface area contributed by atoms with Crippen LogP contribution in [0.2, 0.25) is 0 Å². The number of aliphatic hydroxyl groups excluding tert-OH is 1. The van der Waals surface area contributed by atoms with E-state index in [0.29, 0.717) is 6.08 Å². The minimum absolute atomic E-state index is 0.657. The van der Waals surface area contributed by atoms with Gasteiger partial charge in [-0.05, 0) is 0 Å². The standard InChI is InChI=1S/C7H8O7/c1-2-3(8)14-5(7(12)13)4(9)6(10)11/h2,4-5,9H,1H2,(H,10,11)(H,12,13). The Bertz CT molecular complexity index is 269. The van der Waals surface area contributed by atoms with Crippen molar-refractivity contribution >= 4 is 17.9 Å². The van der Waals surface area contributed by atoms with Crippen LogP contribution in [-0.2, 0) is 19.1 Å². The Balaban J connectivity index is 4.60. The van der Waals surface area contributed by atoms with E-state index in [1.807, 2.05) is 0 Å². The van der Waals surface area contributed by atoms with Gasteiger partial charge in [0.05, 0.1) is 0 Å². The monoisotopic (exact) mass is 204 g/mol. The molecule has 3 N–H and O–H groups in total. The zero-order valence-electron chi connectivity index (χ0n) is 6.91. The number of aliphatic hydroxyl groups is 1. The van der Waals surface area contributed by atoms with Gasteiger partial charge in [-0.3, -0.25) is 0 Å². The Morgan fingerprint density at radius 2 is 1.71 bits per heavy atom. The molecule has 0 bridgehead atoms. The van der Waals surface area contributed by atoms with E-state index in [0.717, 1.165) is 0 Å². The molecule has 0 saturated heterocycles. The molecule has 0 heterocycles. The van der Waals surface area contributed by atoms with Gasteiger partial charge in [-0.2, -0.15) is 0 Å². The highest BCUT2D eigenvalue weighted by Crippen LogP contribution is 2.01. The number of carbonyl (C=O) groups is 3. The first-order chi connectivity index (χ1) is 6.40. The summed E-state index contributed by atoms with van der Waals surface area (Å²) in [5.41, 5.74) is 0. The van der Waals surface area contributed by atoms with Crippen molar-refractivity contribution in [2.24, 2.45) is 0 Å². The summed E-state index contributed by atoms with van der Waals surface area (Å²) in [5.74, 6) is -4.68. The summed E-state index contributed by atoms with van der Waals surface area (Å²) in [6.07, 6.45) is -3.79. The lowest BCUT2D eigenvalue weighted by Gasteiger charge is -2.14. The van der Waals surface area contributed by atoms with Gasteiger partial charge < -0.3 is 20.1 Å². The fourth-order valence-corrected chi connectivity index (χ4v) is 0.553. The largest absolute Gasteiger partial charge is 0.479 e. The predicted molar refractivity (Wildman–Crippen MR) is 41.4 cm³/mol. The van der Waals surface area contributed by atoms with E-state index in [1.165, 1.54) is 0 Å². The number of hydrogen-bond acceptors (Lipinski definition) is 5. The highest BCUT2D eigenvalue weighted by atomic mass is 16.6. The van der Waals surface area contributed by atoms with Crippen molar-refractivity contribution in [1.82, 2.24) is 0 Å². The molecule has 0 aliphatic rings. The molecular weight excluding hydrogens is 196 g/mol. The molecule has 7 nitrogen and oxygen atoms in total. The third kappa shape index (κ3) is 3.23. The Morgan fingerprint density at radius 1 is 1.21 bits per heavy atom. The van der Waals surface area contributed by atoms with E-state index in [2.05, 4.69) is 11.3 Å². The summed E-state index contributed by atoms with van der Waals surface area (Å²) in [7, 11) is 0. The first-order valence-corrected chi connectivity index (χ1v) is 3.37. The first-order valence-electron chi connectivity index (χ1n) is 3.37. The summed E-state index contributed by atoms with van der Waals surface area (Å²) < 4.78 is 4.10. The molecule has 7 heteroatoms. The number of aliphatic carboxylic acids is 2. The molecule has 78 valence electrons. The van der Waals surface area contributed by atoms with E-state index in [1.54, 1.807) is 0 Å². The summed E-state index contributed by atoms with van der Waals surface area (Å²) in [5, 5.41) is 25.5. The predicted octanol–water partition coefficient (Wildman–Crippen LogP) is -1.39. The molecular formula is C7H8O7. The summed E-state index contributed by atoms with van der Waals surface area (Å²) in [6.45, 7) is 2.98. The van der Waals surface area contributed by atoms with Gasteiger partial charge in [-0.15, -0.1) is 0 Å². The molecule has 0 saturated carbocycles. The lowest BCUT2D eigenvalue weighted by atomic mass is 10.2. The quantitative estimate of drug-likeness (QED) is 0.372. The van der Waals surface area contributed by atoms with Crippen LogP contribution in [0.5, 0.6) is 0 Å². The lowest BCUT2D eigenvalue weighted by Crippen LogP contribution is -2.42. The van der Waals surface area contributed by atoms with Crippen molar-refractivity contribution in [3.05, 3.63) is 12.7 Å². The molecule has 0 rings (SSSR count). The van der Waals surface area contributed by atoms with Gasteiger partial charge in [0.15, 0.2) is 6.10 Å². The summed E-state index contributed by atoms with van der Waals surface area (Å²) >= 11 is 0. The van der Waals surface area contributed by atoms with Crippen molar-refractivity contribution in [1.29, 1.82) is 0 Å². The fraction of sp³-hybridized carbons (Fsp3) is 0.286. The summed E-state index contributed by atoms with van der Waals surface area (Å²) in [4.78, 5) is 31.1. The number of carboxylic acids is 2. The van der Waals surface area contributed by atoms with Gasteiger partial charge in [0, 0.05) is 6.08 Å². The summed E-state index contributed by atoms with van der Waals surface area (Å²) in [6, 6.07) is 0. The topological polar surface area (TPSA) is 121 Å². The third-order valence-corrected chi connectivity index (χ3v) is 1.19. The van der Waals surface area contributed by atoms with Gasteiger partial charge in [-0.25, -0.2) is 14.4 Å². The molecule has 2 unspecified atom stereocenters. The molecule has 14 heavy (non-hydrogen) atoms. The number of esters is 1. The van der Waals surface area contributed by atoms with Crippen LogP contribution < -0.4 is 0 Å².